The summed E-state index contributed by atoms with van der Waals surface area (Å²) >= 11 is 1.87. The van der Waals surface area contributed by atoms with Crippen molar-refractivity contribution in [2.24, 2.45) is 5.73 Å². The highest BCUT2D eigenvalue weighted by atomic mass is 32.1. The third kappa shape index (κ3) is 2.71. The molecule has 1 saturated heterocycles. The molecule has 3 rings (SSSR count). The predicted octanol–water partition coefficient (Wildman–Crippen LogP) is 3.16. The van der Waals surface area contributed by atoms with Gasteiger partial charge in [0, 0.05) is 11.5 Å². The van der Waals surface area contributed by atoms with E-state index in [2.05, 4.69) is 6.92 Å². The Morgan fingerprint density at radius 1 is 1.42 bits per heavy atom. The van der Waals surface area contributed by atoms with Gasteiger partial charge in [-0.1, -0.05) is 13.3 Å². The van der Waals surface area contributed by atoms with Crippen molar-refractivity contribution in [1.82, 2.24) is 4.98 Å². The minimum absolute atomic E-state index is 0.236. The second-order valence-corrected chi connectivity index (χ2v) is 7.07. The molecule has 4 heteroatoms. The van der Waals surface area contributed by atoms with Gasteiger partial charge in [-0.05, 0) is 44.9 Å². The van der Waals surface area contributed by atoms with Crippen molar-refractivity contribution >= 4 is 11.3 Å². The van der Waals surface area contributed by atoms with E-state index < -0.39 is 0 Å². The molecule has 106 valence electrons. The minimum atomic E-state index is -0.236. The van der Waals surface area contributed by atoms with Gasteiger partial charge in [0.25, 0.3) is 0 Å². The smallest absolute Gasteiger partial charge is 0.113 e. The molecule has 1 aliphatic carbocycles. The van der Waals surface area contributed by atoms with Crippen LogP contribution in [0.5, 0.6) is 0 Å². The second kappa shape index (κ2) is 5.51. The lowest BCUT2D eigenvalue weighted by Crippen LogP contribution is -2.45. The predicted molar refractivity (Wildman–Crippen MR) is 78.5 cm³/mol. The average Bonchev–Trinajstić information content (AvgIpc) is 2.84. The van der Waals surface area contributed by atoms with Gasteiger partial charge in [0.2, 0.25) is 0 Å². The van der Waals surface area contributed by atoms with Crippen molar-refractivity contribution in [2.45, 2.75) is 69.9 Å². The number of ether oxygens (including phenoxy) is 1. The zero-order valence-corrected chi connectivity index (χ0v) is 12.6. The van der Waals surface area contributed by atoms with E-state index in [0.717, 1.165) is 38.7 Å². The Hall–Kier alpha value is -0.450. The molecule has 0 aromatic carbocycles. The first-order chi connectivity index (χ1) is 9.21. The molecule has 1 aromatic rings. The van der Waals surface area contributed by atoms with Gasteiger partial charge in [-0.2, -0.15) is 0 Å². The fourth-order valence-electron chi connectivity index (χ4n) is 3.24. The molecule has 0 spiro atoms. The van der Waals surface area contributed by atoms with Gasteiger partial charge in [0.05, 0.1) is 17.3 Å². The van der Waals surface area contributed by atoms with Gasteiger partial charge < -0.3 is 10.5 Å². The van der Waals surface area contributed by atoms with Crippen molar-refractivity contribution in [3.8, 4) is 0 Å². The topological polar surface area (TPSA) is 48.1 Å². The van der Waals surface area contributed by atoms with Gasteiger partial charge in [-0.3, -0.25) is 0 Å². The number of rotatable bonds is 3. The van der Waals surface area contributed by atoms with Crippen LogP contribution in [0.15, 0.2) is 0 Å². The molecule has 1 fully saturated rings. The summed E-state index contributed by atoms with van der Waals surface area (Å²) in [6, 6.07) is 0. The van der Waals surface area contributed by atoms with E-state index in [4.69, 9.17) is 15.5 Å². The summed E-state index contributed by atoms with van der Waals surface area (Å²) in [5, 5.41) is 1.17. The first-order valence-corrected chi connectivity index (χ1v) is 8.42. The summed E-state index contributed by atoms with van der Waals surface area (Å²) in [4.78, 5) is 6.37. The van der Waals surface area contributed by atoms with Crippen molar-refractivity contribution < 1.29 is 4.74 Å². The van der Waals surface area contributed by atoms with Crippen LogP contribution in [-0.2, 0) is 23.1 Å². The Balaban J connectivity index is 1.81. The Morgan fingerprint density at radius 3 is 3.05 bits per heavy atom. The number of aromatic nitrogens is 1. The van der Waals surface area contributed by atoms with E-state index >= 15 is 0 Å². The summed E-state index contributed by atoms with van der Waals surface area (Å²) in [6.45, 7) is 2.99. The van der Waals surface area contributed by atoms with E-state index in [1.807, 2.05) is 11.3 Å². The van der Waals surface area contributed by atoms with Gasteiger partial charge in [0.15, 0.2) is 0 Å². The fraction of sp³-hybridized carbons (Fsp3) is 0.800. The van der Waals surface area contributed by atoms with Crippen LogP contribution >= 0.6 is 11.3 Å². The number of aryl methyl sites for hydroxylation is 2. The Morgan fingerprint density at radius 2 is 2.26 bits per heavy atom. The maximum Gasteiger partial charge on any atom is 0.113 e. The molecule has 2 atom stereocenters. The zero-order valence-electron chi connectivity index (χ0n) is 11.8. The highest BCUT2D eigenvalue weighted by molar-refractivity contribution is 7.11. The molecule has 19 heavy (non-hydrogen) atoms. The molecule has 0 bridgehead atoms. The number of nitrogens with two attached hydrogens (primary N) is 1. The van der Waals surface area contributed by atoms with Gasteiger partial charge in [-0.25, -0.2) is 4.98 Å². The average molecular weight is 280 g/mol. The maximum absolute atomic E-state index is 6.68. The van der Waals surface area contributed by atoms with E-state index in [-0.39, 0.29) is 5.54 Å². The van der Waals surface area contributed by atoms with Crippen LogP contribution in [0.2, 0.25) is 0 Å². The summed E-state index contributed by atoms with van der Waals surface area (Å²) in [7, 11) is 0. The Bertz CT molecular complexity index is 420. The summed E-state index contributed by atoms with van der Waals surface area (Å²) < 4.78 is 5.83. The molecule has 2 N–H and O–H groups in total. The highest BCUT2D eigenvalue weighted by Gasteiger charge is 2.38. The largest absolute Gasteiger partial charge is 0.378 e. The van der Waals surface area contributed by atoms with Crippen LogP contribution < -0.4 is 5.73 Å². The summed E-state index contributed by atoms with van der Waals surface area (Å²) in [5.41, 5.74) is 7.77. The van der Waals surface area contributed by atoms with Crippen LogP contribution in [0.3, 0.4) is 0 Å². The summed E-state index contributed by atoms with van der Waals surface area (Å²) in [5.74, 6) is 0. The van der Waals surface area contributed by atoms with Crippen LogP contribution in [0, 0.1) is 0 Å². The van der Waals surface area contributed by atoms with E-state index in [0.29, 0.717) is 6.10 Å². The first kappa shape index (κ1) is 13.5. The third-order valence-corrected chi connectivity index (χ3v) is 5.75. The maximum atomic E-state index is 6.68. The van der Waals surface area contributed by atoms with Gasteiger partial charge >= 0.3 is 0 Å². The monoisotopic (exact) mass is 280 g/mol. The second-order valence-electron chi connectivity index (χ2n) is 5.99. The van der Waals surface area contributed by atoms with Gasteiger partial charge in [0.1, 0.15) is 5.01 Å². The van der Waals surface area contributed by atoms with Crippen molar-refractivity contribution in [3.63, 3.8) is 0 Å². The lowest BCUT2D eigenvalue weighted by Gasteiger charge is -2.36. The van der Waals surface area contributed by atoms with Crippen LogP contribution in [0.25, 0.3) is 0 Å². The van der Waals surface area contributed by atoms with Gasteiger partial charge in [-0.15, -0.1) is 11.3 Å². The Kier molecular flexibility index (Phi) is 3.92. The third-order valence-electron chi connectivity index (χ3n) is 4.38. The molecule has 1 aromatic heterocycles. The molecule has 2 heterocycles. The SMILES string of the molecule is CCCC1CC(N)(c2nc3c(s2)CCCC3)CCO1. The molecule has 1 aliphatic heterocycles. The fourth-order valence-corrected chi connectivity index (χ4v) is 4.53. The first-order valence-electron chi connectivity index (χ1n) is 7.61. The van der Waals surface area contributed by atoms with Crippen molar-refractivity contribution in [3.05, 3.63) is 15.6 Å². The zero-order chi connectivity index (χ0) is 13.3. The molecule has 0 saturated carbocycles. The molecule has 2 unspecified atom stereocenters. The molecule has 0 amide bonds. The molecule has 2 aliphatic rings. The molecular weight excluding hydrogens is 256 g/mol. The number of thiazole rings is 1. The van der Waals surface area contributed by atoms with E-state index in [9.17, 15) is 0 Å². The van der Waals surface area contributed by atoms with Crippen LogP contribution in [0.4, 0.5) is 0 Å². The molecule has 3 nitrogen and oxygen atoms in total. The molecule has 0 radical (unpaired) electrons. The van der Waals surface area contributed by atoms with Crippen molar-refractivity contribution in [2.75, 3.05) is 6.61 Å². The highest BCUT2D eigenvalue weighted by Crippen LogP contribution is 2.38. The number of nitrogens with zero attached hydrogens (tertiary/aromatic N) is 1. The quantitative estimate of drug-likeness (QED) is 0.925. The number of hydrogen-bond acceptors (Lipinski definition) is 4. The lowest BCUT2D eigenvalue weighted by molar-refractivity contribution is -0.0242. The molecular formula is C15H24N2OS. The van der Waals surface area contributed by atoms with Crippen molar-refractivity contribution in [1.29, 1.82) is 0 Å². The number of fused-ring (bicyclic) bond motifs is 1. The number of hydrogen-bond donors (Lipinski definition) is 1. The normalized spacial score (nSPS) is 31.2. The minimum Gasteiger partial charge on any atom is -0.378 e. The standard InChI is InChI=1S/C15H24N2OS/c1-2-5-11-10-15(16,8-9-18-11)14-17-12-6-3-4-7-13(12)19-14/h11H,2-10,16H2,1H3. The van der Waals surface area contributed by atoms with Crippen LogP contribution in [0.1, 0.15) is 61.0 Å². The lowest BCUT2D eigenvalue weighted by atomic mass is 9.87. The van der Waals surface area contributed by atoms with E-state index in [1.165, 1.54) is 34.8 Å². The Labute approximate surface area is 119 Å². The van der Waals surface area contributed by atoms with E-state index in [1.54, 1.807) is 0 Å². The summed E-state index contributed by atoms with van der Waals surface area (Å²) in [6.07, 6.45) is 9.41. The van der Waals surface area contributed by atoms with Crippen LogP contribution in [-0.4, -0.2) is 17.7 Å².